The minimum atomic E-state index is -0.302. The molecule has 8 heteroatoms. The number of aromatic nitrogens is 2. The molecule has 1 aromatic heterocycles. The second-order valence-corrected chi connectivity index (χ2v) is 8.32. The Balaban J connectivity index is 1.92. The summed E-state index contributed by atoms with van der Waals surface area (Å²) in [6, 6.07) is 15.0. The van der Waals surface area contributed by atoms with Crippen molar-refractivity contribution in [2.45, 2.75) is 27.2 Å². The molecule has 0 unspecified atom stereocenters. The zero-order valence-electron chi connectivity index (χ0n) is 20.4. The van der Waals surface area contributed by atoms with Crippen LogP contribution < -0.4 is 14.8 Å². The highest BCUT2D eigenvalue weighted by Gasteiger charge is 2.19. The number of rotatable bonds is 10. The van der Waals surface area contributed by atoms with E-state index in [-0.39, 0.29) is 24.3 Å². The van der Waals surface area contributed by atoms with Crippen LogP contribution in [0.2, 0.25) is 0 Å². The van der Waals surface area contributed by atoms with Crippen LogP contribution >= 0.6 is 0 Å². The zero-order valence-corrected chi connectivity index (χ0v) is 20.4. The molecule has 0 spiro atoms. The van der Waals surface area contributed by atoms with Crippen molar-refractivity contribution >= 4 is 17.8 Å². The second kappa shape index (κ2) is 11.4. The summed E-state index contributed by atoms with van der Waals surface area (Å²) in [5, 5.41) is 2.90. The van der Waals surface area contributed by atoms with E-state index < -0.39 is 0 Å². The van der Waals surface area contributed by atoms with Gasteiger partial charge in [-0.3, -0.25) is 19.5 Å². The highest BCUT2D eigenvalue weighted by atomic mass is 16.5. The van der Waals surface area contributed by atoms with Crippen molar-refractivity contribution in [2.75, 3.05) is 32.6 Å². The van der Waals surface area contributed by atoms with Gasteiger partial charge in [-0.1, -0.05) is 20.8 Å². The largest absolute Gasteiger partial charge is 0.497 e. The number of benzene rings is 2. The molecular weight excluding hydrogens is 432 g/mol. The number of hydrogen-bond donors (Lipinski definition) is 1. The fourth-order valence-electron chi connectivity index (χ4n) is 3.57. The van der Waals surface area contributed by atoms with E-state index in [9.17, 15) is 9.59 Å². The first kappa shape index (κ1) is 24.8. The number of ether oxygens (including phenoxy) is 2. The molecule has 0 atom stereocenters. The van der Waals surface area contributed by atoms with E-state index >= 15 is 0 Å². The summed E-state index contributed by atoms with van der Waals surface area (Å²) < 4.78 is 12.3. The molecule has 1 N–H and O–H groups in total. The Morgan fingerprint density at radius 3 is 2.12 bits per heavy atom. The van der Waals surface area contributed by atoms with Gasteiger partial charge in [0.05, 0.1) is 26.5 Å². The number of nitrogens with one attached hydrogen (secondary N) is 1. The lowest BCUT2D eigenvalue weighted by atomic mass is 10.1. The summed E-state index contributed by atoms with van der Waals surface area (Å²) in [4.78, 5) is 31.5. The van der Waals surface area contributed by atoms with Crippen molar-refractivity contribution in [3.05, 3.63) is 54.7 Å². The third-order valence-corrected chi connectivity index (χ3v) is 5.27. The van der Waals surface area contributed by atoms with Gasteiger partial charge in [0.2, 0.25) is 17.8 Å². The number of nitrogens with zero attached hydrogens (tertiary/aromatic N) is 3. The lowest BCUT2D eigenvalue weighted by molar-refractivity contribution is -0.134. The first-order chi connectivity index (χ1) is 16.3. The van der Waals surface area contributed by atoms with Gasteiger partial charge in [0.1, 0.15) is 11.5 Å². The van der Waals surface area contributed by atoms with Crippen molar-refractivity contribution in [3.63, 3.8) is 0 Å². The minimum Gasteiger partial charge on any atom is -0.497 e. The number of carbonyl (C=O) groups is 2. The van der Waals surface area contributed by atoms with Gasteiger partial charge in [-0.05, 0) is 54.4 Å². The van der Waals surface area contributed by atoms with Crippen LogP contribution in [0.4, 0.5) is 5.95 Å². The molecular formula is C26H32N4O4. The molecule has 0 aliphatic heterocycles. The molecule has 8 nitrogen and oxygen atoms in total. The van der Waals surface area contributed by atoms with Gasteiger partial charge in [0, 0.05) is 30.4 Å². The molecule has 2 aromatic carbocycles. The predicted octanol–water partition coefficient (Wildman–Crippen LogP) is 4.39. The fourth-order valence-corrected chi connectivity index (χ4v) is 3.57. The smallest absolute Gasteiger partial charge is 0.246 e. The van der Waals surface area contributed by atoms with Crippen LogP contribution in [0.15, 0.2) is 54.7 Å². The summed E-state index contributed by atoms with van der Waals surface area (Å²) in [5.41, 5.74) is 2.38. The molecule has 180 valence electrons. The maximum Gasteiger partial charge on any atom is 0.246 e. The van der Waals surface area contributed by atoms with E-state index in [1.807, 2.05) is 73.1 Å². The molecule has 2 amide bonds. The van der Waals surface area contributed by atoms with E-state index in [1.54, 1.807) is 26.0 Å². The summed E-state index contributed by atoms with van der Waals surface area (Å²) in [6.07, 6.45) is 2.21. The van der Waals surface area contributed by atoms with Crippen LogP contribution in [0.5, 0.6) is 11.5 Å². The number of methoxy groups -OCH3 is 2. The van der Waals surface area contributed by atoms with Crippen molar-refractivity contribution in [2.24, 2.45) is 5.92 Å². The number of imidazole rings is 1. The van der Waals surface area contributed by atoms with E-state index in [0.29, 0.717) is 24.6 Å². The molecule has 3 rings (SSSR count). The van der Waals surface area contributed by atoms with Crippen LogP contribution in [0, 0.1) is 5.92 Å². The standard InChI is InChI=1S/C26H32N4O4/c1-6-25(32)29(15-18(2)3)17-24(31)28-26-27-23(19-7-11-21(33-4)12-8-19)16-30(26)20-9-13-22(34-5)14-10-20/h7-14,16,18H,6,15,17H2,1-5H3,(H,27,28,31). The Morgan fingerprint density at radius 2 is 1.59 bits per heavy atom. The van der Waals surface area contributed by atoms with E-state index in [0.717, 1.165) is 22.7 Å². The molecule has 0 aliphatic carbocycles. The zero-order chi connectivity index (χ0) is 24.7. The van der Waals surface area contributed by atoms with Crippen LogP contribution in [0.3, 0.4) is 0 Å². The molecule has 0 radical (unpaired) electrons. The average Bonchev–Trinajstić information content (AvgIpc) is 3.26. The monoisotopic (exact) mass is 464 g/mol. The first-order valence-corrected chi connectivity index (χ1v) is 11.3. The van der Waals surface area contributed by atoms with Crippen molar-refractivity contribution in [1.82, 2.24) is 14.5 Å². The van der Waals surface area contributed by atoms with Crippen molar-refractivity contribution in [3.8, 4) is 28.4 Å². The second-order valence-electron chi connectivity index (χ2n) is 8.32. The highest BCUT2D eigenvalue weighted by Crippen LogP contribution is 2.27. The first-order valence-electron chi connectivity index (χ1n) is 11.3. The SMILES string of the molecule is CCC(=O)N(CC(=O)Nc1nc(-c2ccc(OC)cc2)cn1-c1ccc(OC)cc1)CC(C)C. The van der Waals surface area contributed by atoms with Gasteiger partial charge >= 0.3 is 0 Å². The summed E-state index contributed by atoms with van der Waals surface area (Å²) in [5.74, 6) is 1.75. The summed E-state index contributed by atoms with van der Waals surface area (Å²) >= 11 is 0. The van der Waals surface area contributed by atoms with E-state index in [4.69, 9.17) is 9.47 Å². The topological polar surface area (TPSA) is 85.7 Å². The Labute approximate surface area is 200 Å². The Bertz CT molecular complexity index is 1100. The van der Waals surface area contributed by atoms with Gasteiger partial charge in [0.15, 0.2) is 0 Å². The predicted molar refractivity (Wildman–Crippen MR) is 132 cm³/mol. The molecule has 0 fully saturated rings. The number of carbonyl (C=O) groups excluding carboxylic acids is 2. The maximum absolute atomic E-state index is 12.9. The van der Waals surface area contributed by atoms with Crippen LogP contribution in [0.25, 0.3) is 16.9 Å². The molecule has 0 aliphatic rings. The van der Waals surface area contributed by atoms with E-state index in [2.05, 4.69) is 10.3 Å². The Hall–Kier alpha value is -3.81. The number of anilines is 1. The minimum absolute atomic E-state index is 0.0296. The summed E-state index contributed by atoms with van der Waals surface area (Å²) in [7, 11) is 3.23. The van der Waals surface area contributed by atoms with Crippen molar-refractivity contribution < 1.29 is 19.1 Å². The fraction of sp³-hybridized carbons (Fsp3) is 0.346. The Kier molecular flexibility index (Phi) is 8.29. The normalized spacial score (nSPS) is 10.8. The van der Waals surface area contributed by atoms with Crippen LogP contribution in [-0.4, -0.2) is 53.6 Å². The highest BCUT2D eigenvalue weighted by molar-refractivity contribution is 5.93. The Morgan fingerprint density at radius 1 is 1.00 bits per heavy atom. The van der Waals surface area contributed by atoms with Crippen molar-refractivity contribution in [1.29, 1.82) is 0 Å². The van der Waals surface area contributed by atoms with Gasteiger partial charge in [-0.2, -0.15) is 0 Å². The van der Waals surface area contributed by atoms with Gasteiger partial charge < -0.3 is 14.4 Å². The van der Waals surface area contributed by atoms with Crippen LogP contribution in [0.1, 0.15) is 27.2 Å². The van der Waals surface area contributed by atoms with E-state index in [1.165, 1.54) is 0 Å². The van der Waals surface area contributed by atoms with Gasteiger partial charge in [-0.15, -0.1) is 0 Å². The molecule has 34 heavy (non-hydrogen) atoms. The number of amides is 2. The summed E-state index contributed by atoms with van der Waals surface area (Å²) in [6.45, 7) is 6.32. The molecule has 0 saturated heterocycles. The average molecular weight is 465 g/mol. The lowest BCUT2D eigenvalue weighted by Gasteiger charge is -2.23. The van der Waals surface area contributed by atoms with Gasteiger partial charge in [-0.25, -0.2) is 4.98 Å². The molecule has 3 aromatic rings. The molecule has 1 heterocycles. The molecule has 0 saturated carbocycles. The van der Waals surface area contributed by atoms with Crippen LogP contribution in [-0.2, 0) is 9.59 Å². The van der Waals surface area contributed by atoms with Gasteiger partial charge in [0.25, 0.3) is 0 Å². The third kappa shape index (κ3) is 6.15. The maximum atomic E-state index is 12.9. The quantitative estimate of drug-likeness (QED) is 0.481. The molecule has 0 bridgehead atoms. The number of hydrogen-bond acceptors (Lipinski definition) is 5. The third-order valence-electron chi connectivity index (χ3n) is 5.27. The lowest BCUT2D eigenvalue weighted by Crippen LogP contribution is -2.40.